The summed E-state index contributed by atoms with van der Waals surface area (Å²) < 4.78 is 28.8. The van der Waals surface area contributed by atoms with Crippen molar-refractivity contribution >= 4 is 5.69 Å². The zero-order valence-corrected chi connectivity index (χ0v) is 12.3. The number of methoxy groups -OCH3 is 3. The zero-order valence-electron chi connectivity index (χ0n) is 12.3. The van der Waals surface area contributed by atoms with Crippen LogP contribution in [-0.4, -0.2) is 21.3 Å². The van der Waals surface area contributed by atoms with Crippen molar-refractivity contribution in [3.05, 3.63) is 47.8 Å². The molecule has 0 heterocycles. The number of hydrogen-bond donors (Lipinski definition) is 1. The van der Waals surface area contributed by atoms with E-state index in [0.29, 0.717) is 6.54 Å². The number of ether oxygens (including phenoxy) is 3. The lowest BCUT2D eigenvalue weighted by Crippen LogP contribution is -2.03. The highest BCUT2D eigenvalue weighted by molar-refractivity contribution is 5.50. The average molecular weight is 291 g/mol. The SMILES string of the molecule is COc1ccc(OC)c(CNc2ccc(F)c(OC)c2)c1. The first kappa shape index (κ1) is 15.0. The van der Waals surface area contributed by atoms with Crippen molar-refractivity contribution in [1.29, 1.82) is 0 Å². The molecule has 0 atom stereocenters. The van der Waals surface area contributed by atoms with Crippen LogP contribution < -0.4 is 19.5 Å². The Kier molecular flexibility index (Phi) is 4.87. The zero-order chi connectivity index (χ0) is 15.2. The van der Waals surface area contributed by atoms with E-state index in [0.717, 1.165) is 22.7 Å². The van der Waals surface area contributed by atoms with Crippen LogP contribution in [0.15, 0.2) is 36.4 Å². The number of anilines is 1. The molecule has 5 heteroatoms. The normalized spacial score (nSPS) is 10.1. The van der Waals surface area contributed by atoms with Gasteiger partial charge in [-0.25, -0.2) is 4.39 Å². The van der Waals surface area contributed by atoms with Crippen molar-refractivity contribution in [2.45, 2.75) is 6.54 Å². The first-order valence-electron chi connectivity index (χ1n) is 6.46. The third-order valence-corrected chi connectivity index (χ3v) is 3.12. The third-order valence-electron chi connectivity index (χ3n) is 3.12. The van der Waals surface area contributed by atoms with Gasteiger partial charge in [0.25, 0.3) is 0 Å². The summed E-state index contributed by atoms with van der Waals surface area (Å²) in [7, 11) is 4.67. The van der Waals surface area contributed by atoms with Gasteiger partial charge in [-0.15, -0.1) is 0 Å². The molecule has 2 rings (SSSR count). The fraction of sp³-hybridized carbons (Fsp3) is 0.250. The first-order valence-corrected chi connectivity index (χ1v) is 6.46. The minimum absolute atomic E-state index is 0.206. The van der Waals surface area contributed by atoms with Crippen LogP contribution >= 0.6 is 0 Å². The van der Waals surface area contributed by atoms with E-state index in [1.54, 1.807) is 26.4 Å². The van der Waals surface area contributed by atoms with Crippen molar-refractivity contribution in [2.24, 2.45) is 0 Å². The number of hydrogen-bond acceptors (Lipinski definition) is 4. The summed E-state index contributed by atoms with van der Waals surface area (Å²) in [6.45, 7) is 0.523. The lowest BCUT2D eigenvalue weighted by Gasteiger charge is -2.13. The van der Waals surface area contributed by atoms with E-state index < -0.39 is 0 Å². The molecule has 0 radical (unpaired) electrons. The summed E-state index contributed by atoms with van der Waals surface area (Å²) in [4.78, 5) is 0. The molecule has 2 aromatic carbocycles. The van der Waals surface area contributed by atoms with Gasteiger partial charge in [0.05, 0.1) is 21.3 Å². The Balaban J connectivity index is 2.15. The molecule has 0 aliphatic carbocycles. The molecule has 21 heavy (non-hydrogen) atoms. The van der Waals surface area contributed by atoms with Crippen LogP contribution in [0.1, 0.15) is 5.56 Å². The van der Waals surface area contributed by atoms with Crippen molar-refractivity contribution in [2.75, 3.05) is 26.6 Å². The maximum Gasteiger partial charge on any atom is 0.165 e. The predicted molar refractivity (Wildman–Crippen MR) is 79.8 cm³/mol. The second kappa shape index (κ2) is 6.83. The molecule has 0 fully saturated rings. The molecule has 0 aliphatic heterocycles. The average Bonchev–Trinajstić information content (AvgIpc) is 2.53. The minimum atomic E-state index is -0.387. The van der Waals surface area contributed by atoms with Gasteiger partial charge < -0.3 is 19.5 Å². The molecule has 0 aliphatic rings. The molecule has 112 valence electrons. The van der Waals surface area contributed by atoms with Crippen LogP contribution in [0.4, 0.5) is 10.1 Å². The Morgan fingerprint density at radius 3 is 2.33 bits per heavy atom. The van der Waals surface area contributed by atoms with Crippen LogP contribution in [-0.2, 0) is 6.54 Å². The highest BCUT2D eigenvalue weighted by Gasteiger charge is 2.07. The van der Waals surface area contributed by atoms with Gasteiger partial charge in [-0.1, -0.05) is 0 Å². The fourth-order valence-electron chi connectivity index (χ4n) is 1.99. The molecule has 0 saturated carbocycles. The Labute approximate surface area is 123 Å². The van der Waals surface area contributed by atoms with Gasteiger partial charge in [0.15, 0.2) is 11.6 Å². The van der Waals surface area contributed by atoms with E-state index in [4.69, 9.17) is 14.2 Å². The van der Waals surface area contributed by atoms with E-state index >= 15 is 0 Å². The maximum absolute atomic E-state index is 13.4. The Bertz CT molecular complexity index is 616. The molecule has 0 spiro atoms. The van der Waals surface area contributed by atoms with Gasteiger partial charge >= 0.3 is 0 Å². The highest BCUT2D eigenvalue weighted by atomic mass is 19.1. The highest BCUT2D eigenvalue weighted by Crippen LogP contribution is 2.26. The van der Waals surface area contributed by atoms with Crippen LogP contribution in [0.25, 0.3) is 0 Å². The van der Waals surface area contributed by atoms with Crippen LogP contribution in [0.2, 0.25) is 0 Å². The van der Waals surface area contributed by atoms with E-state index in [2.05, 4.69) is 5.32 Å². The fourth-order valence-corrected chi connectivity index (χ4v) is 1.99. The summed E-state index contributed by atoms with van der Waals surface area (Å²) in [6.07, 6.45) is 0. The van der Waals surface area contributed by atoms with E-state index in [1.807, 2.05) is 18.2 Å². The van der Waals surface area contributed by atoms with E-state index in [-0.39, 0.29) is 11.6 Å². The van der Waals surface area contributed by atoms with Crippen molar-refractivity contribution < 1.29 is 18.6 Å². The lowest BCUT2D eigenvalue weighted by atomic mass is 10.1. The van der Waals surface area contributed by atoms with Crippen LogP contribution in [0.5, 0.6) is 17.2 Å². The Hall–Kier alpha value is -2.43. The Morgan fingerprint density at radius 2 is 1.67 bits per heavy atom. The topological polar surface area (TPSA) is 39.7 Å². The summed E-state index contributed by atoms with van der Waals surface area (Å²) in [5, 5.41) is 3.21. The van der Waals surface area contributed by atoms with E-state index in [1.165, 1.54) is 13.2 Å². The van der Waals surface area contributed by atoms with Crippen LogP contribution in [0.3, 0.4) is 0 Å². The van der Waals surface area contributed by atoms with E-state index in [9.17, 15) is 4.39 Å². The molecule has 0 aromatic heterocycles. The second-order valence-electron chi connectivity index (χ2n) is 4.38. The quantitative estimate of drug-likeness (QED) is 0.884. The van der Waals surface area contributed by atoms with Gasteiger partial charge in [0.1, 0.15) is 11.5 Å². The van der Waals surface area contributed by atoms with Gasteiger partial charge in [0, 0.05) is 23.9 Å². The number of nitrogens with one attached hydrogen (secondary N) is 1. The van der Waals surface area contributed by atoms with Gasteiger partial charge in [-0.3, -0.25) is 0 Å². The lowest BCUT2D eigenvalue weighted by molar-refractivity contribution is 0.387. The first-order chi connectivity index (χ1) is 10.2. The molecule has 1 N–H and O–H groups in total. The third kappa shape index (κ3) is 3.56. The predicted octanol–water partition coefficient (Wildman–Crippen LogP) is 3.46. The van der Waals surface area contributed by atoms with Crippen LogP contribution in [0, 0.1) is 5.82 Å². The maximum atomic E-state index is 13.4. The molecule has 0 amide bonds. The van der Waals surface area contributed by atoms with Gasteiger partial charge in [0.2, 0.25) is 0 Å². The molecule has 0 bridgehead atoms. The molecular formula is C16H18FNO3. The Morgan fingerprint density at radius 1 is 0.905 bits per heavy atom. The van der Waals surface area contributed by atoms with Crippen molar-refractivity contribution in [3.63, 3.8) is 0 Å². The largest absolute Gasteiger partial charge is 0.497 e. The summed E-state index contributed by atoms with van der Waals surface area (Å²) in [5.74, 6) is 1.33. The second-order valence-corrected chi connectivity index (χ2v) is 4.38. The summed E-state index contributed by atoms with van der Waals surface area (Å²) in [5.41, 5.74) is 1.71. The number of halogens is 1. The van der Waals surface area contributed by atoms with Crippen molar-refractivity contribution in [3.8, 4) is 17.2 Å². The monoisotopic (exact) mass is 291 g/mol. The molecular weight excluding hydrogens is 273 g/mol. The standard InChI is InChI=1S/C16H18FNO3/c1-19-13-5-7-15(20-2)11(8-13)10-18-12-4-6-14(17)16(9-12)21-3/h4-9,18H,10H2,1-3H3. The summed E-state index contributed by atoms with van der Waals surface area (Å²) >= 11 is 0. The number of rotatable bonds is 6. The van der Waals surface area contributed by atoms with Gasteiger partial charge in [-0.05, 0) is 30.3 Å². The molecule has 4 nitrogen and oxygen atoms in total. The molecule has 0 saturated heterocycles. The van der Waals surface area contributed by atoms with Crippen molar-refractivity contribution in [1.82, 2.24) is 0 Å². The molecule has 0 unspecified atom stereocenters. The van der Waals surface area contributed by atoms with Gasteiger partial charge in [-0.2, -0.15) is 0 Å². The minimum Gasteiger partial charge on any atom is -0.497 e. The number of benzene rings is 2. The summed E-state index contributed by atoms with van der Waals surface area (Å²) in [6, 6.07) is 10.2. The molecule has 2 aromatic rings. The smallest absolute Gasteiger partial charge is 0.165 e.